The summed E-state index contributed by atoms with van der Waals surface area (Å²) in [5, 5.41) is -7.11. The monoisotopic (exact) mass is 415 g/mol. The largest absolute Gasteiger partial charge is 0.743 e. The molecule has 0 fully saturated rings. The lowest BCUT2D eigenvalue weighted by molar-refractivity contribution is -0.904. The normalized spacial score (nSPS) is 14.8. The van der Waals surface area contributed by atoms with Crippen molar-refractivity contribution in [2.45, 2.75) is 44.0 Å². The summed E-state index contributed by atoms with van der Waals surface area (Å²) in [5.41, 5.74) is 0. The fourth-order valence-corrected chi connectivity index (χ4v) is 1.63. The van der Waals surface area contributed by atoms with Gasteiger partial charge in [0.25, 0.3) is 0 Å². The second-order valence-corrected chi connectivity index (χ2v) is 6.61. The van der Waals surface area contributed by atoms with E-state index < -0.39 is 33.4 Å². The molecule has 0 unspecified atom stereocenters. The van der Waals surface area contributed by atoms with Gasteiger partial charge in [-0.15, -0.1) is 0 Å². The van der Waals surface area contributed by atoms with Crippen molar-refractivity contribution in [3.05, 3.63) is 0 Å². The molecule has 0 spiro atoms. The third kappa shape index (κ3) is 5.36. The van der Waals surface area contributed by atoms with Crippen LogP contribution in [0.5, 0.6) is 0 Å². The Balaban J connectivity index is 0. The van der Waals surface area contributed by atoms with Gasteiger partial charge in [0.1, 0.15) is 0 Å². The first-order chi connectivity index (χ1) is 10.7. The van der Waals surface area contributed by atoms with Gasteiger partial charge in [0.05, 0.1) is 26.7 Å². The second-order valence-electron chi connectivity index (χ2n) is 5.19. The van der Waals surface area contributed by atoms with Crippen LogP contribution in [0, 0.1) is 0 Å². The topological polar surface area (TPSA) is 57.2 Å². The van der Waals surface area contributed by atoms with E-state index in [1.807, 2.05) is 0 Å². The molecule has 0 bridgehead atoms. The van der Waals surface area contributed by atoms with Gasteiger partial charge >= 0.3 is 23.3 Å². The van der Waals surface area contributed by atoms with E-state index in [0.717, 1.165) is 0 Å². The summed E-state index contributed by atoms with van der Waals surface area (Å²) in [6, 6.07) is 0. The molecule has 0 amide bonds. The van der Waals surface area contributed by atoms with Crippen LogP contribution in [0.2, 0.25) is 0 Å². The minimum Gasteiger partial charge on any atom is -0.743 e. The van der Waals surface area contributed by atoms with Gasteiger partial charge in [0.2, 0.25) is 0 Å². The van der Waals surface area contributed by atoms with Gasteiger partial charge < -0.3 is 9.04 Å². The molecule has 0 aromatic carbocycles. The molecule has 14 heteroatoms. The molecule has 0 aromatic heterocycles. The van der Waals surface area contributed by atoms with Crippen LogP contribution in [-0.4, -0.2) is 67.4 Å². The van der Waals surface area contributed by atoms with Gasteiger partial charge in [-0.3, -0.25) is 0 Å². The molecule has 0 aromatic rings. The van der Waals surface area contributed by atoms with Crippen LogP contribution < -0.4 is 0 Å². The maximum Gasteiger partial charge on any atom is 0.460 e. The van der Waals surface area contributed by atoms with Gasteiger partial charge in [-0.1, -0.05) is 0 Å². The first-order valence-corrected chi connectivity index (χ1v) is 8.08. The van der Waals surface area contributed by atoms with E-state index in [1.54, 1.807) is 0 Å². The Kier molecular flexibility index (Phi) is 8.32. The molecule has 0 aliphatic heterocycles. The molecular weight excluding hydrogens is 397 g/mol. The number of hydrogen-bond donors (Lipinski definition) is 0. The Morgan fingerprint density at radius 3 is 1.16 bits per heavy atom. The Morgan fingerprint density at radius 2 is 1.04 bits per heavy atom. The molecule has 0 saturated heterocycles. The number of hydrogen-bond acceptors (Lipinski definition) is 3. The standard InChI is InChI=1S/C7H18N.C4HF9O3S/c1-5-8(4,6-2)7-3;5-1(6,3(9,10)11)2(7,8)4(12,13)17(14,15)16/h5-7H2,1-4H3;(H,14,15,16)/q+1;/p-1. The fourth-order valence-electron chi connectivity index (χ4n) is 1.19. The number of nitrogens with zero attached hydrogens (tertiary/aromatic N) is 1. The average Bonchev–Trinajstić information content (AvgIpc) is 2.44. The van der Waals surface area contributed by atoms with E-state index in [4.69, 9.17) is 0 Å². The van der Waals surface area contributed by atoms with Gasteiger partial charge in [0, 0.05) is 0 Å². The zero-order chi connectivity index (χ0) is 21.1. The van der Waals surface area contributed by atoms with Crippen LogP contribution in [0.25, 0.3) is 0 Å². The van der Waals surface area contributed by atoms with Crippen LogP contribution in [0.1, 0.15) is 20.8 Å². The van der Waals surface area contributed by atoms with Crippen molar-refractivity contribution in [1.29, 1.82) is 0 Å². The number of rotatable bonds is 6. The van der Waals surface area contributed by atoms with Gasteiger partial charge in [0.15, 0.2) is 10.1 Å². The summed E-state index contributed by atoms with van der Waals surface area (Å²) in [7, 11) is -5.13. The van der Waals surface area contributed by atoms with E-state index in [0.29, 0.717) is 0 Å². The van der Waals surface area contributed by atoms with Crippen molar-refractivity contribution >= 4 is 10.1 Å². The molecule has 0 N–H and O–H groups in total. The van der Waals surface area contributed by atoms with E-state index in [-0.39, 0.29) is 0 Å². The van der Waals surface area contributed by atoms with Crippen molar-refractivity contribution < 1.29 is 57.0 Å². The lowest BCUT2D eigenvalue weighted by Crippen LogP contribution is -2.63. The van der Waals surface area contributed by atoms with E-state index in [9.17, 15) is 52.5 Å². The highest BCUT2D eigenvalue weighted by molar-refractivity contribution is 7.86. The van der Waals surface area contributed by atoms with Crippen molar-refractivity contribution in [3.63, 3.8) is 0 Å². The van der Waals surface area contributed by atoms with E-state index in [1.165, 1.54) is 24.1 Å². The predicted octanol–water partition coefficient (Wildman–Crippen LogP) is 3.45. The highest BCUT2D eigenvalue weighted by Crippen LogP contribution is 2.54. The smallest absolute Gasteiger partial charge is 0.460 e. The molecule has 154 valence electrons. The molecule has 0 aliphatic rings. The Hall–Kier alpha value is -0.760. The maximum absolute atomic E-state index is 12.2. The molecule has 4 nitrogen and oxygen atoms in total. The van der Waals surface area contributed by atoms with Crippen LogP contribution >= 0.6 is 0 Å². The van der Waals surface area contributed by atoms with Crippen molar-refractivity contribution in [2.24, 2.45) is 0 Å². The summed E-state index contributed by atoms with van der Waals surface area (Å²) < 4.78 is 137. The van der Waals surface area contributed by atoms with E-state index >= 15 is 0 Å². The minimum absolute atomic E-state index is 1.21. The van der Waals surface area contributed by atoms with Crippen LogP contribution in [0.15, 0.2) is 0 Å². The third-order valence-corrected chi connectivity index (χ3v) is 4.60. The third-order valence-electron chi connectivity index (χ3n) is 3.72. The zero-order valence-electron chi connectivity index (χ0n) is 13.6. The highest BCUT2D eigenvalue weighted by Gasteiger charge is 2.83. The average molecular weight is 415 g/mol. The second kappa shape index (κ2) is 7.86. The Morgan fingerprint density at radius 1 is 0.760 bits per heavy atom. The van der Waals surface area contributed by atoms with Gasteiger partial charge in [-0.25, -0.2) is 8.42 Å². The molecule has 0 atom stereocenters. The molecule has 0 rings (SSSR count). The Labute approximate surface area is 138 Å². The lowest BCUT2D eigenvalue weighted by Gasteiger charge is -2.34. The molecular formula is C11H18F9NO3S. The summed E-state index contributed by atoms with van der Waals surface area (Å²) in [6.45, 7) is 10.5. The van der Waals surface area contributed by atoms with E-state index in [2.05, 4.69) is 27.8 Å². The summed E-state index contributed by atoms with van der Waals surface area (Å²) in [5.74, 6) is -14.8. The lowest BCUT2D eigenvalue weighted by atomic mass is 10.1. The molecule has 0 saturated carbocycles. The number of quaternary nitrogens is 1. The van der Waals surface area contributed by atoms with Crippen LogP contribution in [0.4, 0.5) is 39.5 Å². The first-order valence-electron chi connectivity index (χ1n) is 6.67. The predicted molar refractivity (Wildman–Crippen MR) is 68.4 cm³/mol. The van der Waals surface area contributed by atoms with Crippen molar-refractivity contribution in [2.75, 3.05) is 26.7 Å². The molecule has 0 aliphatic carbocycles. The summed E-state index contributed by atoms with van der Waals surface area (Å²) in [6.07, 6.45) is -7.16. The highest BCUT2D eigenvalue weighted by atomic mass is 32.2. The van der Waals surface area contributed by atoms with Crippen molar-refractivity contribution in [3.8, 4) is 0 Å². The zero-order valence-corrected chi connectivity index (χ0v) is 14.4. The van der Waals surface area contributed by atoms with Gasteiger partial charge in [-0.05, 0) is 20.8 Å². The minimum atomic E-state index is -7.43. The number of alkyl halides is 9. The molecule has 0 heterocycles. The first kappa shape index (κ1) is 26.5. The maximum atomic E-state index is 12.2. The summed E-state index contributed by atoms with van der Waals surface area (Å²) in [4.78, 5) is 0. The number of halogens is 9. The quantitative estimate of drug-likeness (QED) is 0.379. The van der Waals surface area contributed by atoms with Gasteiger partial charge in [-0.2, -0.15) is 39.5 Å². The fraction of sp³-hybridized carbons (Fsp3) is 1.00. The van der Waals surface area contributed by atoms with Crippen LogP contribution in [0.3, 0.4) is 0 Å². The Bertz CT molecular complexity index is 519. The molecule has 0 radical (unpaired) electrons. The SMILES string of the molecule is CC[N+](C)(CC)CC.O=S(=O)([O-])C(F)(F)C(F)(F)C(F)(F)C(F)(F)F. The summed E-state index contributed by atoms with van der Waals surface area (Å²) >= 11 is 0. The van der Waals surface area contributed by atoms with Crippen LogP contribution in [-0.2, 0) is 10.1 Å². The van der Waals surface area contributed by atoms with Crippen molar-refractivity contribution in [1.82, 2.24) is 0 Å². The molecule has 25 heavy (non-hydrogen) atoms.